The van der Waals surface area contributed by atoms with Crippen LogP contribution in [0.4, 0.5) is 0 Å². The van der Waals surface area contributed by atoms with Gasteiger partial charge in [0.1, 0.15) is 6.10 Å². The van der Waals surface area contributed by atoms with Gasteiger partial charge in [-0.05, 0) is 11.1 Å². The summed E-state index contributed by atoms with van der Waals surface area (Å²) in [6.45, 7) is 1.06. The van der Waals surface area contributed by atoms with Crippen LogP contribution in [0.1, 0.15) is 17.2 Å². The summed E-state index contributed by atoms with van der Waals surface area (Å²) in [5, 5.41) is 9.44. The molecule has 0 spiro atoms. The Morgan fingerprint density at radius 2 is 2.18 bits per heavy atom. The van der Waals surface area contributed by atoms with Crippen LogP contribution in [-0.4, -0.2) is 11.7 Å². The molecule has 2 nitrogen and oxygen atoms in total. The molecule has 1 aromatic carbocycles. The lowest BCUT2D eigenvalue weighted by Gasteiger charge is -2.20. The molecule has 0 bridgehead atoms. The highest BCUT2D eigenvalue weighted by molar-refractivity contribution is 5.29. The van der Waals surface area contributed by atoms with Crippen molar-refractivity contribution < 1.29 is 9.84 Å². The normalized spacial score (nSPS) is 22.8. The van der Waals surface area contributed by atoms with Crippen molar-refractivity contribution in [1.82, 2.24) is 0 Å². The average Bonchev–Trinajstić information content (AvgIpc) is 2.06. The standard InChI is InChI=1S/C9H10O2/c10-9-6-11-5-7-3-1-2-4-8(7)9/h1-4,9-10H,5-6H2/t9-/m0/s1. The van der Waals surface area contributed by atoms with Gasteiger partial charge in [-0.2, -0.15) is 0 Å². The average molecular weight is 150 g/mol. The van der Waals surface area contributed by atoms with Crippen LogP contribution in [-0.2, 0) is 11.3 Å². The molecule has 2 heteroatoms. The molecule has 1 atom stereocenters. The summed E-state index contributed by atoms with van der Waals surface area (Å²) in [4.78, 5) is 0. The summed E-state index contributed by atoms with van der Waals surface area (Å²) in [5.41, 5.74) is 2.12. The minimum absolute atomic E-state index is 0.428. The zero-order valence-corrected chi connectivity index (χ0v) is 6.16. The zero-order chi connectivity index (χ0) is 7.68. The largest absolute Gasteiger partial charge is 0.386 e. The number of aliphatic hydroxyl groups is 1. The van der Waals surface area contributed by atoms with Crippen molar-refractivity contribution in [2.75, 3.05) is 6.61 Å². The predicted molar refractivity (Wildman–Crippen MR) is 41.1 cm³/mol. The molecule has 0 saturated heterocycles. The van der Waals surface area contributed by atoms with E-state index in [1.54, 1.807) is 0 Å². The molecule has 1 aromatic rings. The van der Waals surface area contributed by atoms with Crippen LogP contribution < -0.4 is 0 Å². The van der Waals surface area contributed by atoms with E-state index in [1.165, 1.54) is 0 Å². The van der Waals surface area contributed by atoms with Crippen LogP contribution in [0.15, 0.2) is 24.3 Å². The molecule has 0 aliphatic carbocycles. The smallest absolute Gasteiger partial charge is 0.103 e. The molecule has 0 aromatic heterocycles. The molecule has 1 aliphatic rings. The van der Waals surface area contributed by atoms with Gasteiger partial charge in [-0.15, -0.1) is 0 Å². The summed E-state index contributed by atoms with van der Waals surface area (Å²) in [6.07, 6.45) is -0.431. The Balaban J connectivity index is 2.44. The molecule has 0 radical (unpaired) electrons. The molecule has 0 saturated carbocycles. The van der Waals surface area contributed by atoms with Gasteiger partial charge in [0.25, 0.3) is 0 Å². The molecule has 0 unspecified atom stereocenters. The third kappa shape index (κ3) is 1.15. The fraction of sp³-hybridized carbons (Fsp3) is 0.333. The highest BCUT2D eigenvalue weighted by Gasteiger charge is 2.16. The van der Waals surface area contributed by atoms with Crippen molar-refractivity contribution in [2.45, 2.75) is 12.7 Å². The van der Waals surface area contributed by atoms with Gasteiger partial charge in [0.15, 0.2) is 0 Å². The summed E-state index contributed by atoms with van der Waals surface area (Å²) in [5.74, 6) is 0. The van der Waals surface area contributed by atoms with E-state index in [-0.39, 0.29) is 0 Å². The maximum absolute atomic E-state index is 9.44. The van der Waals surface area contributed by atoms with Crippen molar-refractivity contribution in [3.63, 3.8) is 0 Å². The van der Waals surface area contributed by atoms with Gasteiger partial charge in [0.2, 0.25) is 0 Å². The lowest BCUT2D eigenvalue weighted by Crippen LogP contribution is -2.15. The second-order valence-electron chi connectivity index (χ2n) is 2.73. The van der Waals surface area contributed by atoms with Crippen LogP contribution >= 0.6 is 0 Å². The Hall–Kier alpha value is -0.860. The van der Waals surface area contributed by atoms with Gasteiger partial charge in [0.05, 0.1) is 13.2 Å². The van der Waals surface area contributed by atoms with E-state index in [0.29, 0.717) is 13.2 Å². The molecule has 11 heavy (non-hydrogen) atoms. The van der Waals surface area contributed by atoms with E-state index in [1.807, 2.05) is 24.3 Å². The Bertz CT molecular complexity index is 257. The predicted octanol–water partition coefficient (Wildman–Crippen LogP) is 1.25. The first-order valence-corrected chi connectivity index (χ1v) is 3.71. The maximum atomic E-state index is 9.44. The van der Waals surface area contributed by atoms with E-state index >= 15 is 0 Å². The Morgan fingerprint density at radius 3 is 3.00 bits per heavy atom. The van der Waals surface area contributed by atoms with Gasteiger partial charge in [-0.3, -0.25) is 0 Å². The number of fused-ring (bicyclic) bond motifs is 1. The van der Waals surface area contributed by atoms with Crippen LogP contribution in [0.5, 0.6) is 0 Å². The second kappa shape index (κ2) is 2.64. The SMILES string of the molecule is O[C@H]1COCc2ccccc21. The zero-order valence-electron chi connectivity index (χ0n) is 6.16. The molecule has 0 amide bonds. The van der Waals surface area contributed by atoms with E-state index < -0.39 is 6.10 Å². The molecule has 1 N–H and O–H groups in total. The molecule has 2 rings (SSSR count). The maximum Gasteiger partial charge on any atom is 0.103 e. The van der Waals surface area contributed by atoms with E-state index in [4.69, 9.17) is 4.74 Å². The van der Waals surface area contributed by atoms with Crippen molar-refractivity contribution in [3.05, 3.63) is 35.4 Å². The van der Waals surface area contributed by atoms with Crippen LogP contribution in [0, 0.1) is 0 Å². The summed E-state index contributed by atoms with van der Waals surface area (Å²) in [7, 11) is 0. The molecule has 58 valence electrons. The number of hydrogen-bond acceptors (Lipinski definition) is 2. The van der Waals surface area contributed by atoms with Crippen molar-refractivity contribution in [3.8, 4) is 0 Å². The van der Waals surface area contributed by atoms with E-state index in [0.717, 1.165) is 11.1 Å². The van der Waals surface area contributed by atoms with Gasteiger partial charge in [-0.1, -0.05) is 24.3 Å². The van der Waals surface area contributed by atoms with Crippen molar-refractivity contribution in [2.24, 2.45) is 0 Å². The minimum Gasteiger partial charge on any atom is -0.386 e. The monoisotopic (exact) mass is 150 g/mol. The number of rotatable bonds is 0. The van der Waals surface area contributed by atoms with Gasteiger partial charge < -0.3 is 9.84 Å². The summed E-state index contributed by atoms with van der Waals surface area (Å²) < 4.78 is 5.16. The van der Waals surface area contributed by atoms with E-state index in [9.17, 15) is 5.11 Å². The quantitative estimate of drug-likeness (QED) is 0.603. The highest BCUT2D eigenvalue weighted by Crippen LogP contribution is 2.23. The molecule has 1 heterocycles. The highest BCUT2D eigenvalue weighted by atomic mass is 16.5. The third-order valence-corrected chi connectivity index (χ3v) is 1.95. The van der Waals surface area contributed by atoms with Gasteiger partial charge in [0, 0.05) is 0 Å². The van der Waals surface area contributed by atoms with Crippen LogP contribution in [0.3, 0.4) is 0 Å². The summed E-state index contributed by atoms with van der Waals surface area (Å²) >= 11 is 0. The summed E-state index contributed by atoms with van der Waals surface area (Å²) in [6, 6.07) is 7.83. The van der Waals surface area contributed by atoms with Crippen molar-refractivity contribution in [1.29, 1.82) is 0 Å². The van der Waals surface area contributed by atoms with Crippen molar-refractivity contribution >= 4 is 0 Å². The third-order valence-electron chi connectivity index (χ3n) is 1.95. The second-order valence-corrected chi connectivity index (χ2v) is 2.73. The van der Waals surface area contributed by atoms with Crippen LogP contribution in [0.2, 0.25) is 0 Å². The molecule has 0 fully saturated rings. The fourth-order valence-electron chi connectivity index (χ4n) is 1.36. The number of benzene rings is 1. The topological polar surface area (TPSA) is 29.5 Å². The molecular formula is C9H10O2. The molecule has 1 aliphatic heterocycles. The Morgan fingerprint density at radius 1 is 1.36 bits per heavy atom. The Kier molecular flexibility index (Phi) is 1.64. The fourth-order valence-corrected chi connectivity index (χ4v) is 1.36. The first-order valence-electron chi connectivity index (χ1n) is 3.71. The number of hydrogen-bond donors (Lipinski definition) is 1. The number of aliphatic hydroxyl groups excluding tert-OH is 1. The Labute approximate surface area is 65.4 Å². The number of ether oxygens (including phenoxy) is 1. The first kappa shape index (κ1) is 6.83. The van der Waals surface area contributed by atoms with Gasteiger partial charge in [-0.25, -0.2) is 0 Å². The lowest BCUT2D eigenvalue weighted by molar-refractivity contribution is 0.00981. The first-order chi connectivity index (χ1) is 5.38. The van der Waals surface area contributed by atoms with E-state index in [2.05, 4.69) is 0 Å². The molecular weight excluding hydrogens is 140 g/mol. The minimum atomic E-state index is -0.431. The van der Waals surface area contributed by atoms with Gasteiger partial charge >= 0.3 is 0 Å². The lowest BCUT2D eigenvalue weighted by atomic mass is 10.0. The van der Waals surface area contributed by atoms with Crippen LogP contribution in [0.25, 0.3) is 0 Å².